The van der Waals surface area contributed by atoms with E-state index in [2.05, 4.69) is 36.0 Å². The summed E-state index contributed by atoms with van der Waals surface area (Å²) in [5.41, 5.74) is 0.978. The number of H-pyrrole nitrogens is 1. The number of amides is 1. The molecule has 1 aromatic carbocycles. The molecule has 1 unspecified atom stereocenters. The number of azo groups is 1. The highest BCUT2D eigenvalue weighted by molar-refractivity contribution is 5.95. The van der Waals surface area contributed by atoms with Crippen molar-refractivity contribution >= 4 is 28.2 Å². The third-order valence-corrected chi connectivity index (χ3v) is 12.5. The molecule has 1 aromatic heterocycles. The van der Waals surface area contributed by atoms with Crippen molar-refractivity contribution in [1.29, 1.82) is 0 Å². The minimum atomic E-state index is -1.07. The van der Waals surface area contributed by atoms with Gasteiger partial charge in [0.1, 0.15) is 0 Å². The van der Waals surface area contributed by atoms with Gasteiger partial charge in [-0.05, 0) is 110 Å². The molecule has 1 amide bonds. The van der Waals surface area contributed by atoms with Gasteiger partial charge in [0, 0.05) is 23.9 Å². The molecule has 10 heteroatoms. The van der Waals surface area contributed by atoms with Gasteiger partial charge in [0.15, 0.2) is 11.4 Å². The molecule has 1 heterocycles. The number of aromatic hydroxyl groups is 1. The van der Waals surface area contributed by atoms with Gasteiger partial charge in [-0.2, -0.15) is 5.23 Å². The molecule has 0 aliphatic heterocycles. The quantitative estimate of drug-likeness (QED) is 0.200. The fraction of sp³-hybridized carbons (Fsp3) is 0.719. The summed E-state index contributed by atoms with van der Waals surface area (Å²) >= 11 is 0. The van der Waals surface area contributed by atoms with Crippen LogP contribution >= 0.6 is 0 Å². The van der Waals surface area contributed by atoms with Crippen molar-refractivity contribution < 1.29 is 30.5 Å². The minimum Gasteiger partial charge on any atom is -0.595 e. The van der Waals surface area contributed by atoms with E-state index in [0.717, 1.165) is 51.4 Å². The average molecular weight is 583 g/mol. The molecule has 6 N–H and O–H groups in total. The number of benzene rings is 1. The van der Waals surface area contributed by atoms with Gasteiger partial charge in [0.25, 0.3) is 5.91 Å². The van der Waals surface area contributed by atoms with Crippen LogP contribution in [0.2, 0.25) is 0 Å². The lowest BCUT2D eigenvalue weighted by molar-refractivity contribution is -0.991. The van der Waals surface area contributed by atoms with E-state index in [4.69, 9.17) is 0 Å². The Morgan fingerprint density at radius 1 is 1.12 bits per heavy atom. The van der Waals surface area contributed by atoms with E-state index in [0.29, 0.717) is 52.8 Å². The van der Waals surface area contributed by atoms with Crippen LogP contribution in [0, 0.1) is 51.5 Å². The Labute approximate surface area is 246 Å². The monoisotopic (exact) mass is 582 g/mol. The molecule has 4 saturated carbocycles. The van der Waals surface area contributed by atoms with E-state index in [1.807, 2.05) is 0 Å². The number of carbonyl (C=O) groups excluding carboxylic acids is 1. The van der Waals surface area contributed by atoms with Crippen molar-refractivity contribution in [3.8, 4) is 5.88 Å². The summed E-state index contributed by atoms with van der Waals surface area (Å²) in [7, 11) is 0. The average Bonchev–Trinajstić information content (AvgIpc) is 3.46. The van der Waals surface area contributed by atoms with E-state index in [9.17, 15) is 30.5 Å². The number of aliphatic hydroxyl groups is 2. The molecule has 0 radical (unpaired) electrons. The molecule has 0 saturated heterocycles. The number of hydrogen-bond acceptors (Lipinski definition) is 7. The highest BCUT2D eigenvalue weighted by atomic mass is 16.8. The Morgan fingerprint density at radius 2 is 1.86 bits per heavy atom. The van der Waals surface area contributed by atoms with Crippen molar-refractivity contribution in [2.45, 2.75) is 97.2 Å². The highest BCUT2D eigenvalue weighted by Gasteiger charge is 2.62. The van der Waals surface area contributed by atoms with Crippen molar-refractivity contribution in [3.63, 3.8) is 0 Å². The number of hydrogen-bond donors (Lipinski definition) is 6. The van der Waals surface area contributed by atoms with Gasteiger partial charge in [-0.1, -0.05) is 20.8 Å². The van der Waals surface area contributed by atoms with Crippen LogP contribution in [0.25, 0.3) is 10.9 Å². The summed E-state index contributed by atoms with van der Waals surface area (Å²) < 4.78 is 0. The second-order valence-corrected chi connectivity index (χ2v) is 14.5. The summed E-state index contributed by atoms with van der Waals surface area (Å²) in [6.45, 7) is 7.12. The molecule has 230 valence electrons. The van der Waals surface area contributed by atoms with Crippen molar-refractivity contribution in [1.82, 2.24) is 4.98 Å². The Balaban J connectivity index is 1.10. The fourth-order valence-corrected chi connectivity index (χ4v) is 10.3. The first-order valence-electron chi connectivity index (χ1n) is 15.8. The normalized spacial score (nSPS) is 39.5. The predicted octanol–water partition coefficient (Wildman–Crippen LogP) is 5.29. The zero-order valence-corrected chi connectivity index (χ0v) is 24.9. The second kappa shape index (κ2) is 11.0. The number of quaternary nitrogens is 1. The van der Waals surface area contributed by atoms with E-state index in [-0.39, 0.29) is 52.6 Å². The second-order valence-electron chi connectivity index (χ2n) is 14.5. The topological polar surface area (TPSA) is 166 Å². The summed E-state index contributed by atoms with van der Waals surface area (Å²) in [6, 6.07) is 4.38. The van der Waals surface area contributed by atoms with Crippen LogP contribution in [0.15, 0.2) is 28.4 Å². The molecule has 0 bridgehead atoms. The molecule has 11 atom stereocenters. The van der Waals surface area contributed by atoms with Crippen LogP contribution in [0.1, 0.15) is 85.0 Å². The van der Waals surface area contributed by atoms with Gasteiger partial charge in [0.05, 0.1) is 17.7 Å². The highest BCUT2D eigenvalue weighted by Crippen LogP contribution is 2.68. The van der Waals surface area contributed by atoms with E-state index in [1.54, 1.807) is 6.07 Å². The SMILES string of the molecule is C[C@H](CCC(=O)N=Nc1c(O)[nH]c2cc([NH+]([O-])O)ccc12)[C@H]1CC[C@@H]2[C@H]3[C@H](O)C[C@@H]4C[C@@H](O)CC[C@]4(C)[C@H]3CC[C@@]21C. The van der Waals surface area contributed by atoms with Gasteiger partial charge < -0.3 is 25.5 Å². The maximum atomic E-state index is 12.8. The molecule has 2 aromatic rings. The van der Waals surface area contributed by atoms with Gasteiger partial charge in [-0.3, -0.25) is 4.79 Å². The number of carbonyl (C=O) groups is 1. The lowest BCUT2D eigenvalue weighted by atomic mass is 9.43. The van der Waals surface area contributed by atoms with Gasteiger partial charge >= 0.3 is 0 Å². The maximum Gasteiger partial charge on any atom is 0.264 e. The van der Waals surface area contributed by atoms with Gasteiger partial charge in [0.2, 0.25) is 5.88 Å². The van der Waals surface area contributed by atoms with Crippen LogP contribution in [-0.2, 0) is 4.79 Å². The van der Waals surface area contributed by atoms with Crippen molar-refractivity contribution in [2.24, 2.45) is 56.6 Å². The van der Waals surface area contributed by atoms with Crippen LogP contribution in [-0.4, -0.2) is 43.6 Å². The number of aliphatic hydroxyl groups excluding tert-OH is 2. The first-order chi connectivity index (χ1) is 19.9. The predicted molar refractivity (Wildman–Crippen MR) is 156 cm³/mol. The number of rotatable bonds is 6. The van der Waals surface area contributed by atoms with Gasteiger partial charge in [-0.25, -0.2) is 5.21 Å². The van der Waals surface area contributed by atoms with E-state index < -0.39 is 5.23 Å². The Morgan fingerprint density at radius 3 is 2.62 bits per heavy atom. The Hall–Kier alpha value is -2.37. The van der Waals surface area contributed by atoms with E-state index in [1.165, 1.54) is 12.1 Å². The molecule has 4 fully saturated rings. The molecule has 6 rings (SSSR count). The third kappa shape index (κ3) is 4.89. The molecule has 0 spiro atoms. The molecular weight excluding hydrogens is 536 g/mol. The lowest BCUT2D eigenvalue weighted by Crippen LogP contribution is -2.99. The number of aromatic nitrogens is 1. The fourth-order valence-electron chi connectivity index (χ4n) is 10.3. The number of nitrogens with one attached hydrogen (secondary N) is 2. The largest absolute Gasteiger partial charge is 0.595 e. The third-order valence-electron chi connectivity index (χ3n) is 12.5. The Kier molecular flexibility index (Phi) is 7.75. The molecular formula is C32H46N4O6. The maximum absolute atomic E-state index is 12.8. The molecule has 42 heavy (non-hydrogen) atoms. The number of fused-ring (bicyclic) bond motifs is 6. The standard InChI is InChI=1S/C32H46N4O6/c1-17(4-9-27(39)34-35-29-21-6-5-19(36(41)42)16-25(21)33-30(29)40)22-7-8-23-28-24(11-13-32(22,23)3)31(2)12-10-20(37)14-18(31)15-26(28)38/h5-6,16-18,20,22-24,26,28,33,36-38,40-41H,4,7-15H2,1-3H3/t17-,18+,20+,22-,23-,24+,26-,28-,31+,32-/m1/s1. The van der Waals surface area contributed by atoms with Crippen LogP contribution in [0.3, 0.4) is 0 Å². The summed E-state index contributed by atoms with van der Waals surface area (Å²) in [5, 5.41) is 59.9. The minimum absolute atomic E-state index is 0.0823. The van der Waals surface area contributed by atoms with Crippen LogP contribution in [0.5, 0.6) is 5.88 Å². The number of nitrogens with zero attached hydrogens (tertiary/aromatic N) is 2. The molecule has 4 aliphatic carbocycles. The first-order valence-corrected chi connectivity index (χ1v) is 15.8. The van der Waals surface area contributed by atoms with E-state index >= 15 is 0 Å². The molecule has 4 aliphatic rings. The zero-order chi connectivity index (χ0) is 30.0. The smallest absolute Gasteiger partial charge is 0.264 e. The first kappa shape index (κ1) is 29.7. The van der Waals surface area contributed by atoms with Gasteiger partial charge in [-0.15, -0.1) is 10.2 Å². The summed E-state index contributed by atoms with van der Waals surface area (Å²) in [5.74, 6) is 1.96. The van der Waals surface area contributed by atoms with Crippen LogP contribution < -0.4 is 5.23 Å². The van der Waals surface area contributed by atoms with Crippen molar-refractivity contribution in [2.75, 3.05) is 0 Å². The van der Waals surface area contributed by atoms with Crippen LogP contribution in [0.4, 0.5) is 11.4 Å². The van der Waals surface area contributed by atoms with Crippen molar-refractivity contribution in [3.05, 3.63) is 23.4 Å². The Bertz CT molecular complexity index is 1360. The summed E-state index contributed by atoms with van der Waals surface area (Å²) in [4.78, 5) is 15.5. The summed E-state index contributed by atoms with van der Waals surface area (Å²) in [6.07, 6.45) is 8.58. The molecule has 10 nitrogen and oxygen atoms in total. The zero-order valence-electron chi connectivity index (χ0n) is 24.9. The number of aromatic amines is 1. The lowest BCUT2D eigenvalue weighted by Gasteiger charge is -2.62.